The molecule has 3 N–H and O–H groups in total. The van der Waals surface area contributed by atoms with E-state index in [1.54, 1.807) is 12.1 Å². The minimum Gasteiger partial charge on any atom is -0.508 e. The summed E-state index contributed by atoms with van der Waals surface area (Å²) in [5.74, 6) is -0.427. The Morgan fingerprint density at radius 2 is 1.68 bits per heavy atom. The van der Waals surface area contributed by atoms with Crippen LogP contribution in [0.15, 0.2) is 48.5 Å². The van der Waals surface area contributed by atoms with E-state index in [-0.39, 0.29) is 23.0 Å². The normalized spacial score (nSPS) is 10.7. The molecule has 2 aromatic rings. The van der Waals surface area contributed by atoms with Crippen molar-refractivity contribution in [3.05, 3.63) is 59.7 Å². The van der Waals surface area contributed by atoms with E-state index in [0.717, 1.165) is 0 Å². The van der Waals surface area contributed by atoms with Gasteiger partial charge in [0.2, 0.25) is 0 Å². The predicted octanol–water partition coefficient (Wildman–Crippen LogP) is 2.70. The van der Waals surface area contributed by atoms with Crippen molar-refractivity contribution in [3.63, 3.8) is 0 Å². The van der Waals surface area contributed by atoms with Crippen LogP contribution in [-0.4, -0.2) is 21.1 Å². The van der Waals surface area contributed by atoms with Crippen molar-refractivity contribution in [2.45, 2.75) is 0 Å². The van der Waals surface area contributed by atoms with Gasteiger partial charge >= 0.3 is 0 Å². The molecule has 2 aromatic carbocycles. The Morgan fingerprint density at radius 1 is 0.947 bits per heavy atom. The number of benzene rings is 2. The number of allylic oxidation sites excluding steroid dienone is 1. The topological polar surface area (TPSA) is 77.8 Å². The van der Waals surface area contributed by atoms with Gasteiger partial charge < -0.3 is 15.3 Å². The molecule has 0 aromatic heterocycles. The number of rotatable bonds is 3. The van der Waals surface area contributed by atoms with Gasteiger partial charge in [0, 0.05) is 17.2 Å². The van der Waals surface area contributed by atoms with Crippen molar-refractivity contribution in [2.75, 3.05) is 0 Å². The van der Waals surface area contributed by atoms with E-state index < -0.39 is 0 Å². The van der Waals surface area contributed by atoms with Crippen LogP contribution in [0.25, 0.3) is 6.08 Å². The first kappa shape index (κ1) is 12.7. The van der Waals surface area contributed by atoms with E-state index in [1.807, 2.05) is 0 Å². The third-order valence-corrected chi connectivity index (χ3v) is 2.56. The smallest absolute Gasteiger partial charge is 0.185 e. The van der Waals surface area contributed by atoms with Gasteiger partial charge in [0.15, 0.2) is 5.78 Å². The number of phenols is 3. The summed E-state index contributed by atoms with van der Waals surface area (Å²) in [6.45, 7) is 0. The Hall–Kier alpha value is -2.75. The van der Waals surface area contributed by atoms with Gasteiger partial charge in [0.25, 0.3) is 0 Å². The van der Waals surface area contributed by atoms with Crippen LogP contribution < -0.4 is 0 Å². The van der Waals surface area contributed by atoms with E-state index in [4.69, 9.17) is 5.11 Å². The van der Waals surface area contributed by atoms with E-state index in [1.165, 1.54) is 42.5 Å². The van der Waals surface area contributed by atoms with Crippen molar-refractivity contribution in [2.24, 2.45) is 0 Å². The minimum absolute atomic E-state index is 0.0201. The fourth-order valence-corrected chi connectivity index (χ4v) is 1.59. The highest BCUT2D eigenvalue weighted by Gasteiger charge is 2.03. The summed E-state index contributed by atoms with van der Waals surface area (Å²) in [5.41, 5.74) is 0.779. The fraction of sp³-hybridized carbons (Fsp3) is 0. The third-order valence-electron chi connectivity index (χ3n) is 2.56. The molecule has 2 rings (SSSR count). The van der Waals surface area contributed by atoms with Crippen LogP contribution in [0, 0.1) is 0 Å². The first-order chi connectivity index (χ1) is 9.06. The maximum absolute atomic E-state index is 11.8. The SMILES string of the molecule is O=C(/C=C\c1ccc(O)cc1O)c1cccc(O)c1. The van der Waals surface area contributed by atoms with E-state index in [2.05, 4.69) is 0 Å². The summed E-state index contributed by atoms with van der Waals surface area (Å²) >= 11 is 0. The Bertz CT molecular complexity index is 644. The molecule has 0 unspecified atom stereocenters. The highest BCUT2D eigenvalue weighted by molar-refractivity contribution is 6.07. The Morgan fingerprint density at radius 3 is 2.37 bits per heavy atom. The molecule has 0 atom stereocenters. The van der Waals surface area contributed by atoms with E-state index in [0.29, 0.717) is 11.1 Å². The lowest BCUT2D eigenvalue weighted by Gasteiger charge is -2.00. The molecular weight excluding hydrogens is 244 g/mol. The molecule has 0 aliphatic heterocycles. The first-order valence-corrected chi connectivity index (χ1v) is 5.60. The van der Waals surface area contributed by atoms with Crippen LogP contribution in [0.4, 0.5) is 0 Å². The largest absolute Gasteiger partial charge is 0.508 e. The summed E-state index contributed by atoms with van der Waals surface area (Å²) in [7, 11) is 0. The molecule has 0 spiro atoms. The van der Waals surface area contributed by atoms with Crippen LogP contribution in [0.1, 0.15) is 15.9 Å². The lowest BCUT2D eigenvalue weighted by Crippen LogP contribution is -1.93. The summed E-state index contributed by atoms with van der Waals surface area (Å²) in [6, 6.07) is 10.1. The molecule has 0 aliphatic carbocycles. The second kappa shape index (κ2) is 5.27. The predicted molar refractivity (Wildman–Crippen MR) is 71.2 cm³/mol. The molecule has 96 valence electrons. The van der Waals surface area contributed by atoms with Gasteiger partial charge in [-0.3, -0.25) is 4.79 Å². The maximum Gasteiger partial charge on any atom is 0.185 e. The Labute approximate surface area is 109 Å². The van der Waals surface area contributed by atoms with Crippen LogP contribution in [0.5, 0.6) is 17.2 Å². The zero-order chi connectivity index (χ0) is 13.8. The molecule has 4 nitrogen and oxygen atoms in total. The monoisotopic (exact) mass is 256 g/mol. The minimum atomic E-state index is -0.289. The van der Waals surface area contributed by atoms with Crippen LogP contribution in [0.2, 0.25) is 0 Å². The number of phenolic OH excluding ortho intramolecular Hbond substituents is 3. The molecule has 0 bridgehead atoms. The third kappa shape index (κ3) is 3.13. The van der Waals surface area contributed by atoms with Crippen molar-refractivity contribution < 1.29 is 20.1 Å². The highest BCUT2D eigenvalue weighted by Crippen LogP contribution is 2.23. The van der Waals surface area contributed by atoms with Crippen LogP contribution in [0.3, 0.4) is 0 Å². The average Bonchev–Trinajstić information content (AvgIpc) is 2.37. The van der Waals surface area contributed by atoms with Gasteiger partial charge in [-0.25, -0.2) is 0 Å². The number of carbonyl (C=O) groups excluding carboxylic acids is 1. The summed E-state index contributed by atoms with van der Waals surface area (Å²) in [5, 5.41) is 28.0. The molecule has 0 saturated carbocycles. The molecule has 0 fully saturated rings. The lowest BCUT2D eigenvalue weighted by molar-refractivity contribution is 0.104. The number of aromatic hydroxyl groups is 3. The number of ketones is 1. The quantitative estimate of drug-likeness (QED) is 0.583. The number of hydrogen-bond donors (Lipinski definition) is 3. The number of hydrogen-bond acceptors (Lipinski definition) is 4. The lowest BCUT2D eigenvalue weighted by atomic mass is 10.1. The van der Waals surface area contributed by atoms with Crippen molar-refractivity contribution >= 4 is 11.9 Å². The van der Waals surface area contributed by atoms with Crippen LogP contribution >= 0.6 is 0 Å². The number of carbonyl (C=O) groups is 1. The van der Waals surface area contributed by atoms with Gasteiger partial charge in [0.05, 0.1) is 0 Å². The fourth-order valence-electron chi connectivity index (χ4n) is 1.59. The second-order valence-electron chi connectivity index (χ2n) is 3.99. The van der Waals surface area contributed by atoms with E-state index >= 15 is 0 Å². The maximum atomic E-state index is 11.8. The van der Waals surface area contributed by atoms with Gasteiger partial charge in [-0.2, -0.15) is 0 Å². The van der Waals surface area contributed by atoms with Gasteiger partial charge in [-0.1, -0.05) is 12.1 Å². The molecule has 0 amide bonds. The summed E-state index contributed by atoms with van der Waals surface area (Å²) < 4.78 is 0. The molecule has 0 saturated heterocycles. The Kier molecular flexibility index (Phi) is 3.52. The average molecular weight is 256 g/mol. The molecule has 4 heteroatoms. The Balaban J connectivity index is 2.21. The second-order valence-corrected chi connectivity index (χ2v) is 3.99. The zero-order valence-corrected chi connectivity index (χ0v) is 9.95. The standard InChI is InChI=1S/C15H12O4/c16-12-3-1-2-11(8-12)14(18)7-5-10-4-6-13(17)9-15(10)19/h1-9,16-17,19H/b7-5-. The summed E-state index contributed by atoms with van der Waals surface area (Å²) in [4.78, 5) is 11.8. The van der Waals surface area contributed by atoms with E-state index in [9.17, 15) is 15.0 Å². The van der Waals surface area contributed by atoms with Crippen molar-refractivity contribution in [3.8, 4) is 17.2 Å². The van der Waals surface area contributed by atoms with Crippen LogP contribution in [-0.2, 0) is 0 Å². The van der Waals surface area contributed by atoms with Gasteiger partial charge in [0.1, 0.15) is 17.2 Å². The van der Waals surface area contributed by atoms with Crippen molar-refractivity contribution in [1.82, 2.24) is 0 Å². The zero-order valence-electron chi connectivity index (χ0n) is 9.95. The van der Waals surface area contributed by atoms with Gasteiger partial charge in [-0.05, 0) is 36.4 Å². The molecule has 0 aliphatic rings. The molecule has 19 heavy (non-hydrogen) atoms. The molecule has 0 radical (unpaired) electrons. The molecular formula is C15H12O4. The van der Waals surface area contributed by atoms with Crippen molar-refractivity contribution in [1.29, 1.82) is 0 Å². The summed E-state index contributed by atoms with van der Waals surface area (Å²) in [6.07, 6.45) is 2.74. The molecule has 0 heterocycles. The van der Waals surface area contributed by atoms with Gasteiger partial charge in [-0.15, -0.1) is 0 Å². The highest BCUT2D eigenvalue weighted by atomic mass is 16.3. The first-order valence-electron chi connectivity index (χ1n) is 5.60.